The maximum absolute atomic E-state index is 10.5. The van der Waals surface area contributed by atoms with Crippen molar-refractivity contribution in [3.05, 3.63) is 33.8 Å². The van der Waals surface area contributed by atoms with Crippen LogP contribution in [-0.4, -0.2) is 0 Å². The van der Waals surface area contributed by atoms with Crippen LogP contribution in [0.1, 0.15) is 5.56 Å². The highest BCUT2D eigenvalue weighted by Crippen LogP contribution is 2.36. The molecule has 0 heterocycles. The van der Waals surface area contributed by atoms with E-state index in [2.05, 4.69) is 0 Å². The van der Waals surface area contributed by atoms with Gasteiger partial charge in [-0.15, -0.1) is 0 Å². The van der Waals surface area contributed by atoms with Gasteiger partial charge in [0.1, 0.15) is 0 Å². The maximum atomic E-state index is 10.5. The summed E-state index contributed by atoms with van der Waals surface area (Å²) < 4.78 is 10.5. The summed E-state index contributed by atoms with van der Waals surface area (Å²) in [5.74, 6) is 0. The van der Waals surface area contributed by atoms with Crippen molar-refractivity contribution in [3.63, 3.8) is 0 Å². The van der Waals surface area contributed by atoms with Crippen LogP contribution in [0.25, 0.3) is 0 Å². The van der Waals surface area contributed by atoms with Crippen molar-refractivity contribution in [1.82, 2.24) is 0 Å². The van der Waals surface area contributed by atoms with E-state index in [9.17, 15) is 14.4 Å². The number of benzene rings is 1. The first-order chi connectivity index (χ1) is 5.90. The fraction of sp³-hybridized carbons (Fsp3) is 0.143. The predicted molar refractivity (Wildman–Crippen MR) is 47.8 cm³/mol. The Kier molecular flexibility index (Phi) is 3.38. The molecular weight excluding hydrogens is 234 g/mol. The number of hydrogen-bond acceptors (Lipinski definition) is 3. The van der Waals surface area contributed by atoms with Crippen LogP contribution < -0.4 is 9.79 Å². The lowest BCUT2D eigenvalue weighted by Crippen LogP contribution is -2.15. The summed E-state index contributed by atoms with van der Waals surface area (Å²) in [5, 5.41) is 0.388. The van der Waals surface area contributed by atoms with E-state index in [4.69, 9.17) is 23.2 Å². The summed E-state index contributed by atoms with van der Waals surface area (Å²) in [5.41, 5.74) is 0.166. The van der Waals surface area contributed by atoms with Gasteiger partial charge in [0.25, 0.3) is 0 Å². The third-order valence-corrected chi connectivity index (χ3v) is 2.83. The molecule has 0 aliphatic rings. The molecule has 0 aliphatic heterocycles. The summed E-state index contributed by atoms with van der Waals surface area (Å²) in [4.78, 5) is 20.9. The zero-order valence-electron chi connectivity index (χ0n) is 6.37. The Morgan fingerprint density at radius 3 is 2.08 bits per heavy atom. The molecule has 1 aromatic rings. The topological polar surface area (TPSA) is 63.2 Å². The minimum Gasteiger partial charge on any atom is -0.810 e. The molecule has 0 spiro atoms. The van der Waals surface area contributed by atoms with Gasteiger partial charge in [-0.25, -0.2) is 0 Å². The third kappa shape index (κ3) is 3.29. The van der Waals surface area contributed by atoms with Crippen molar-refractivity contribution in [1.29, 1.82) is 0 Å². The molecule has 0 fully saturated rings. The molecule has 0 saturated carbocycles. The van der Waals surface area contributed by atoms with Crippen molar-refractivity contribution in [2.45, 2.75) is 6.16 Å². The molecule has 0 radical (unpaired) electrons. The van der Waals surface area contributed by atoms with Gasteiger partial charge in [0, 0.05) is 16.2 Å². The quantitative estimate of drug-likeness (QED) is 0.732. The number of hydrogen-bond donors (Lipinski definition) is 0. The summed E-state index contributed by atoms with van der Waals surface area (Å²) in [6.45, 7) is 0. The summed E-state index contributed by atoms with van der Waals surface area (Å²) >= 11 is 11.3. The Balaban J connectivity index is 3.07. The largest absolute Gasteiger partial charge is 0.810 e. The lowest BCUT2D eigenvalue weighted by atomic mass is 10.2. The second kappa shape index (κ2) is 3.99. The lowest BCUT2D eigenvalue weighted by Gasteiger charge is -2.30. The van der Waals surface area contributed by atoms with Crippen LogP contribution in [0.5, 0.6) is 0 Å². The molecular formula is C7H5Cl2O3P-2. The first kappa shape index (κ1) is 11.0. The highest BCUT2D eigenvalue weighted by atomic mass is 35.5. The molecule has 0 atom stereocenters. The van der Waals surface area contributed by atoms with Crippen LogP contribution in [0.4, 0.5) is 0 Å². The van der Waals surface area contributed by atoms with Crippen LogP contribution >= 0.6 is 30.8 Å². The highest BCUT2D eigenvalue weighted by Gasteiger charge is 2.06. The second-order valence-electron chi connectivity index (χ2n) is 2.47. The van der Waals surface area contributed by atoms with Gasteiger partial charge in [0.15, 0.2) is 0 Å². The zero-order chi connectivity index (χ0) is 10.1. The van der Waals surface area contributed by atoms with Crippen LogP contribution in [0.15, 0.2) is 18.2 Å². The average molecular weight is 239 g/mol. The molecule has 6 heteroatoms. The van der Waals surface area contributed by atoms with Crippen LogP contribution in [0.2, 0.25) is 10.0 Å². The Bertz CT molecular complexity index is 341. The van der Waals surface area contributed by atoms with E-state index in [1.165, 1.54) is 12.1 Å². The van der Waals surface area contributed by atoms with Crippen LogP contribution in [0.3, 0.4) is 0 Å². The van der Waals surface area contributed by atoms with E-state index in [1.54, 1.807) is 6.07 Å². The number of rotatable bonds is 2. The minimum absolute atomic E-state index is 0.166. The molecule has 13 heavy (non-hydrogen) atoms. The first-order valence-electron chi connectivity index (χ1n) is 3.34. The van der Waals surface area contributed by atoms with E-state index in [-0.39, 0.29) is 15.6 Å². The molecule has 0 saturated heterocycles. The molecule has 0 amide bonds. The van der Waals surface area contributed by atoms with E-state index in [1.807, 2.05) is 0 Å². The van der Waals surface area contributed by atoms with Crippen molar-refractivity contribution < 1.29 is 14.4 Å². The van der Waals surface area contributed by atoms with E-state index < -0.39 is 13.8 Å². The fourth-order valence-electron chi connectivity index (χ4n) is 0.877. The Morgan fingerprint density at radius 2 is 1.69 bits per heavy atom. The fourth-order valence-corrected chi connectivity index (χ4v) is 2.32. The third-order valence-electron chi connectivity index (χ3n) is 1.41. The van der Waals surface area contributed by atoms with Gasteiger partial charge in [-0.2, -0.15) is 0 Å². The van der Waals surface area contributed by atoms with Gasteiger partial charge in [0.2, 0.25) is 0 Å². The molecule has 0 bridgehead atoms. The predicted octanol–water partition coefficient (Wildman–Crippen LogP) is 1.41. The van der Waals surface area contributed by atoms with E-state index in [0.717, 1.165) is 0 Å². The Morgan fingerprint density at radius 1 is 1.23 bits per heavy atom. The molecule has 0 unspecified atom stereocenters. The lowest BCUT2D eigenvalue weighted by molar-refractivity contribution is -0.314. The number of halogens is 2. The Hall–Kier alpha value is -0.0500. The van der Waals surface area contributed by atoms with Crippen molar-refractivity contribution in [2.75, 3.05) is 0 Å². The van der Waals surface area contributed by atoms with Gasteiger partial charge in [-0.1, -0.05) is 36.9 Å². The van der Waals surface area contributed by atoms with Gasteiger partial charge < -0.3 is 14.4 Å². The molecule has 72 valence electrons. The summed E-state index contributed by atoms with van der Waals surface area (Å²) in [6, 6.07) is 4.55. The van der Waals surface area contributed by atoms with Crippen LogP contribution in [-0.2, 0) is 10.7 Å². The first-order valence-corrected chi connectivity index (χ1v) is 5.82. The van der Waals surface area contributed by atoms with Crippen LogP contribution in [0, 0.1) is 0 Å². The van der Waals surface area contributed by atoms with E-state index >= 15 is 0 Å². The molecule has 1 rings (SSSR count). The molecule has 3 nitrogen and oxygen atoms in total. The summed E-state index contributed by atoms with van der Waals surface area (Å²) in [7, 11) is -4.61. The van der Waals surface area contributed by atoms with Gasteiger partial charge in [-0.05, 0) is 17.7 Å². The molecule has 0 aromatic heterocycles. The van der Waals surface area contributed by atoms with Crippen molar-refractivity contribution in [2.24, 2.45) is 0 Å². The molecule has 0 aliphatic carbocycles. The SMILES string of the molecule is O=P([O-])([O-])Cc1c(Cl)cccc1Cl. The Labute approximate surface area is 85.5 Å². The normalized spacial score (nSPS) is 11.7. The van der Waals surface area contributed by atoms with Crippen molar-refractivity contribution in [3.8, 4) is 0 Å². The highest BCUT2D eigenvalue weighted by molar-refractivity contribution is 7.47. The smallest absolute Gasteiger partial charge is 0.0456 e. The van der Waals surface area contributed by atoms with Gasteiger partial charge >= 0.3 is 0 Å². The van der Waals surface area contributed by atoms with E-state index in [0.29, 0.717) is 0 Å². The van der Waals surface area contributed by atoms with Gasteiger partial charge in [0.05, 0.1) is 0 Å². The maximum Gasteiger partial charge on any atom is 0.0456 e. The standard InChI is InChI=1S/C7H7Cl2O3P/c8-6-2-1-3-7(9)5(6)4-13(10,11)12/h1-3H,4H2,(H2,10,11,12)/p-2. The summed E-state index contributed by atoms with van der Waals surface area (Å²) in [6.07, 6.45) is -0.647. The molecule has 0 N–H and O–H groups in total. The van der Waals surface area contributed by atoms with Crippen molar-refractivity contribution >= 4 is 30.8 Å². The zero-order valence-corrected chi connectivity index (χ0v) is 8.77. The average Bonchev–Trinajstić information content (AvgIpc) is 1.95. The second-order valence-corrected chi connectivity index (χ2v) is 4.82. The van der Waals surface area contributed by atoms with Gasteiger partial charge in [-0.3, -0.25) is 0 Å². The molecule has 1 aromatic carbocycles. The minimum atomic E-state index is -4.61. The monoisotopic (exact) mass is 238 g/mol.